The molecule has 0 radical (unpaired) electrons. The maximum Gasteiger partial charge on any atom is 0.244 e. The van der Waals surface area contributed by atoms with Crippen LogP contribution in [0.4, 0.5) is 5.13 Å². The maximum atomic E-state index is 13.0. The Hall–Kier alpha value is -2.82. The lowest BCUT2D eigenvalue weighted by molar-refractivity contribution is -0.119. The Labute approximate surface area is 178 Å². The number of carbonyl (C=O) groups is 1. The van der Waals surface area contributed by atoms with E-state index in [1.54, 1.807) is 25.3 Å². The first-order chi connectivity index (χ1) is 14.5. The zero-order valence-electron chi connectivity index (χ0n) is 16.2. The van der Waals surface area contributed by atoms with Gasteiger partial charge in [0.2, 0.25) is 21.1 Å². The molecule has 3 aromatic rings. The van der Waals surface area contributed by atoms with Gasteiger partial charge < -0.3 is 4.74 Å². The monoisotopic (exact) mass is 444 g/mol. The van der Waals surface area contributed by atoms with Crippen LogP contribution >= 0.6 is 11.3 Å². The van der Waals surface area contributed by atoms with Crippen LogP contribution in [-0.2, 0) is 14.8 Å². The molecule has 1 aromatic heterocycles. The number of amides is 1. The molecule has 0 bridgehead atoms. The molecule has 30 heavy (non-hydrogen) atoms. The highest BCUT2D eigenvalue weighted by atomic mass is 32.2. The summed E-state index contributed by atoms with van der Waals surface area (Å²) in [5.41, 5.74) is 0.850. The van der Waals surface area contributed by atoms with Gasteiger partial charge in [-0.1, -0.05) is 29.5 Å². The lowest BCUT2D eigenvalue weighted by Gasteiger charge is -2.22. The summed E-state index contributed by atoms with van der Waals surface area (Å²) in [6.07, 6.45) is 1.08. The van der Waals surface area contributed by atoms with Gasteiger partial charge in [0, 0.05) is 12.1 Å². The first-order valence-corrected chi connectivity index (χ1v) is 11.6. The molecule has 2 heterocycles. The number of carbonyl (C=O) groups excluding carboxylic acids is 1. The highest BCUT2D eigenvalue weighted by Gasteiger charge is 2.39. The second-order valence-corrected chi connectivity index (χ2v) is 9.59. The standard InChI is InChI=1S/C20H20N4O4S2/c1-28-15-11-9-14(10-12-15)19-22-23-20(29-19)21-18(25)17-8-5-13-24(17)30(26,27)16-6-3-2-4-7-16/h2-4,6-7,9-12,17H,5,8,13H2,1H3,(H,21,23,25). The quantitative estimate of drug-likeness (QED) is 0.627. The Kier molecular flexibility index (Phi) is 5.80. The molecule has 1 saturated heterocycles. The predicted molar refractivity (Wildman–Crippen MR) is 114 cm³/mol. The van der Waals surface area contributed by atoms with Crippen molar-refractivity contribution in [1.29, 1.82) is 0 Å². The molecule has 1 unspecified atom stereocenters. The molecule has 1 atom stereocenters. The number of rotatable bonds is 6. The Bertz CT molecular complexity index is 1130. The van der Waals surface area contributed by atoms with E-state index >= 15 is 0 Å². The van der Waals surface area contributed by atoms with Gasteiger partial charge in [0.05, 0.1) is 12.0 Å². The van der Waals surface area contributed by atoms with Crippen molar-refractivity contribution < 1.29 is 17.9 Å². The van der Waals surface area contributed by atoms with Gasteiger partial charge in [-0.25, -0.2) is 8.42 Å². The van der Waals surface area contributed by atoms with Crippen LogP contribution in [0.3, 0.4) is 0 Å². The topological polar surface area (TPSA) is 101 Å². The third-order valence-corrected chi connectivity index (χ3v) is 7.66. The first-order valence-electron chi connectivity index (χ1n) is 9.35. The number of hydrogen-bond donors (Lipinski definition) is 1. The third-order valence-electron chi connectivity index (χ3n) is 4.85. The van der Waals surface area contributed by atoms with Gasteiger partial charge in [0.1, 0.15) is 16.8 Å². The SMILES string of the molecule is COc1ccc(-c2nnc(NC(=O)C3CCCN3S(=O)(=O)c3ccccc3)s2)cc1. The molecule has 1 N–H and O–H groups in total. The molecule has 4 rings (SSSR count). The van der Waals surface area contributed by atoms with E-state index in [1.807, 2.05) is 24.3 Å². The molecule has 1 amide bonds. The molecular formula is C20H20N4O4S2. The smallest absolute Gasteiger partial charge is 0.244 e. The zero-order chi connectivity index (χ0) is 21.1. The number of anilines is 1. The summed E-state index contributed by atoms with van der Waals surface area (Å²) in [4.78, 5) is 13.0. The van der Waals surface area contributed by atoms with E-state index in [0.717, 1.165) is 11.3 Å². The average Bonchev–Trinajstić information content (AvgIpc) is 3.45. The number of sulfonamides is 1. The zero-order valence-corrected chi connectivity index (χ0v) is 17.8. The number of benzene rings is 2. The van der Waals surface area contributed by atoms with Gasteiger partial charge in [0.15, 0.2) is 0 Å². The summed E-state index contributed by atoms with van der Waals surface area (Å²) < 4.78 is 32.3. The molecule has 0 aliphatic carbocycles. The van der Waals surface area contributed by atoms with Gasteiger partial charge in [0.25, 0.3) is 0 Å². The summed E-state index contributed by atoms with van der Waals surface area (Å²) in [7, 11) is -2.15. The maximum absolute atomic E-state index is 13.0. The second-order valence-electron chi connectivity index (χ2n) is 6.72. The molecule has 0 spiro atoms. The van der Waals surface area contributed by atoms with Crippen molar-refractivity contribution in [3.05, 3.63) is 54.6 Å². The summed E-state index contributed by atoms with van der Waals surface area (Å²) in [6, 6.07) is 14.7. The minimum atomic E-state index is -3.74. The van der Waals surface area contributed by atoms with Crippen molar-refractivity contribution in [2.75, 3.05) is 19.0 Å². The molecule has 1 aliphatic rings. The molecular weight excluding hydrogens is 424 g/mol. The fourth-order valence-electron chi connectivity index (χ4n) is 3.33. The number of nitrogens with zero attached hydrogens (tertiary/aromatic N) is 3. The Morgan fingerprint density at radius 1 is 1.13 bits per heavy atom. The van der Waals surface area contributed by atoms with E-state index in [4.69, 9.17) is 4.74 Å². The van der Waals surface area contributed by atoms with Gasteiger partial charge in [-0.05, 0) is 49.2 Å². The van der Waals surface area contributed by atoms with Gasteiger partial charge in [-0.2, -0.15) is 4.31 Å². The van der Waals surface area contributed by atoms with Crippen LogP contribution in [0.25, 0.3) is 10.6 Å². The van der Waals surface area contributed by atoms with Crippen molar-refractivity contribution in [1.82, 2.24) is 14.5 Å². The fourth-order valence-corrected chi connectivity index (χ4v) is 5.76. The predicted octanol–water partition coefficient (Wildman–Crippen LogP) is 3.01. The fraction of sp³-hybridized carbons (Fsp3) is 0.250. The second kappa shape index (κ2) is 8.50. The summed E-state index contributed by atoms with van der Waals surface area (Å²) in [6.45, 7) is 0.308. The van der Waals surface area contributed by atoms with Gasteiger partial charge >= 0.3 is 0 Å². The van der Waals surface area contributed by atoms with Crippen LogP contribution in [-0.4, -0.2) is 48.5 Å². The van der Waals surface area contributed by atoms with Crippen LogP contribution in [0.2, 0.25) is 0 Å². The van der Waals surface area contributed by atoms with Crippen LogP contribution in [0.1, 0.15) is 12.8 Å². The van der Waals surface area contributed by atoms with E-state index in [0.29, 0.717) is 29.5 Å². The van der Waals surface area contributed by atoms with Crippen LogP contribution in [0, 0.1) is 0 Å². The van der Waals surface area contributed by atoms with Crippen LogP contribution in [0.5, 0.6) is 5.75 Å². The Morgan fingerprint density at radius 3 is 2.57 bits per heavy atom. The number of nitrogens with one attached hydrogen (secondary N) is 1. The van der Waals surface area contributed by atoms with E-state index < -0.39 is 22.0 Å². The van der Waals surface area contributed by atoms with Crippen LogP contribution in [0.15, 0.2) is 59.5 Å². The molecule has 10 heteroatoms. The summed E-state index contributed by atoms with van der Waals surface area (Å²) in [5, 5.41) is 11.8. The van der Waals surface area contributed by atoms with Crippen molar-refractivity contribution in [3.8, 4) is 16.3 Å². The van der Waals surface area contributed by atoms with Crippen molar-refractivity contribution in [3.63, 3.8) is 0 Å². The van der Waals surface area contributed by atoms with Crippen molar-refractivity contribution in [2.45, 2.75) is 23.8 Å². The number of hydrogen-bond acceptors (Lipinski definition) is 7. The van der Waals surface area contributed by atoms with Gasteiger partial charge in [-0.15, -0.1) is 10.2 Å². The lowest BCUT2D eigenvalue weighted by Crippen LogP contribution is -2.43. The minimum absolute atomic E-state index is 0.183. The number of ether oxygens (including phenoxy) is 1. The first kappa shape index (κ1) is 20.5. The van der Waals surface area contributed by atoms with E-state index in [-0.39, 0.29) is 4.90 Å². The summed E-state index contributed by atoms with van der Waals surface area (Å²) >= 11 is 1.23. The molecule has 156 valence electrons. The Balaban J connectivity index is 1.49. The molecule has 8 nitrogen and oxygen atoms in total. The van der Waals surface area contributed by atoms with Gasteiger partial charge in [-0.3, -0.25) is 10.1 Å². The molecule has 0 saturated carbocycles. The molecule has 2 aromatic carbocycles. The molecule has 1 aliphatic heterocycles. The van der Waals surface area contributed by atoms with Crippen LogP contribution < -0.4 is 10.1 Å². The number of aromatic nitrogens is 2. The van der Waals surface area contributed by atoms with E-state index in [2.05, 4.69) is 15.5 Å². The average molecular weight is 445 g/mol. The van der Waals surface area contributed by atoms with E-state index in [9.17, 15) is 13.2 Å². The minimum Gasteiger partial charge on any atom is -0.497 e. The number of methoxy groups -OCH3 is 1. The normalized spacial score (nSPS) is 17.0. The highest BCUT2D eigenvalue weighted by molar-refractivity contribution is 7.89. The summed E-state index contributed by atoms with van der Waals surface area (Å²) in [5.74, 6) is 0.335. The lowest BCUT2D eigenvalue weighted by atomic mass is 10.2. The van der Waals surface area contributed by atoms with Crippen molar-refractivity contribution in [2.24, 2.45) is 0 Å². The molecule has 1 fully saturated rings. The van der Waals surface area contributed by atoms with Crippen molar-refractivity contribution >= 4 is 32.4 Å². The van der Waals surface area contributed by atoms with E-state index in [1.165, 1.54) is 27.8 Å². The largest absolute Gasteiger partial charge is 0.497 e. The third kappa shape index (κ3) is 4.07. The highest BCUT2D eigenvalue weighted by Crippen LogP contribution is 2.30. The Morgan fingerprint density at radius 2 is 1.87 bits per heavy atom.